The third-order valence-corrected chi connectivity index (χ3v) is 3.89. The van der Waals surface area contributed by atoms with Crippen LogP contribution in [0.5, 0.6) is 0 Å². The van der Waals surface area contributed by atoms with Crippen LogP contribution in [0.4, 0.5) is 8.78 Å². The summed E-state index contributed by atoms with van der Waals surface area (Å²) in [5.41, 5.74) is -0.189. The van der Waals surface area contributed by atoms with Gasteiger partial charge in [-0.15, -0.1) is 0 Å². The van der Waals surface area contributed by atoms with E-state index in [4.69, 9.17) is 0 Å². The molecule has 2 N–H and O–H groups in total. The van der Waals surface area contributed by atoms with Crippen LogP contribution in [0.25, 0.3) is 0 Å². The maximum absolute atomic E-state index is 13.9. The first-order chi connectivity index (χ1) is 11.0. The average molecular weight is 326 g/mol. The zero-order chi connectivity index (χ0) is 16.8. The summed E-state index contributed by atoms with van der Waals surface area (Å²) in [6.45, 7) is -0.188. The molecule has 0 aliphatic heterocycles. The second kappa shape index (κ2) is 8.01. The van der Waals surface area contributed by atoms with Crippen molar-refractivity contribution in [3.8, 4) is 0 Å². The van der Waals surface area contributed by atoms with Gasteiger partial charge in [0.25, 0.3) is 0 Å². The van der Waals surface area contributed by atoms with E-state index >= 15 is 0 Å². The maximum atomic E-state index is 13.9. The third kappa shape index (κ3) is 4.72. The van der Waals surface area contributed by atoms with Gasteiger partial charge in [0.2, 0.25) is 5.91 Å². The van der Waals surface area contributed by atoms with Crippen molar-refractivity contribution in [3.63, 3.8) is 0 Å². The summed E-state index contributed by atoms with van der Waals surface area (Å²) in [7, 11) is 1.15. The van der Waals surface area contributed by atoms with Crippen LogP contribution < -0.4 is 10.6 Å². The summed E-state index contributed by atoms with van der Waals surface area (Å²) in [6.07, 6.45) is 4.03. The van der Waals surface area contributed by atoms with Gasteiger partial charge in [0.1, 0.15) is 17.7 Å². The zero-order valence-electron chi connectivity index (χ0n) is 12.9. The lowest BCUT2D eigenvalue weighted by Crippen LogP contribution is -2.42. The molecule has 1 aromatic rings. The molecule has 1 amide bonds. The van der Waals surface area contributed by atoms with Crippen LogP contribution >= 0.6 is 0 Å². The van der Waals surface area contributed by atoms with E-state index in [1.54, 1.807) is 0 Å². The van der Waals surface area contributed by atoms with Crippen molar-refractivity contribution >= 4 is 11.9 Å². The van der Waals surface area contributed by atoms with Crippen LogP contribution in [0.2, 0.25) is 0 Å². The highest BCUT2D eigenvalue weighted by atomic mass is 19.1. The van der Waals surface area contributed by atoms with Crippen LogP contribution in [0, 0.1) is 11.6 Å². The number of halogens is 2. The number of nitrogens with one attached hydrogen (secondary N) is 2. The van der Waals surface area contributed by atoms with Crippen molar-refractivity contribution in [2.75, 3.05) is 13.7 Å². The van der Waals surface area contributed by atoms with E-state index < -0.39 is 23.6 Å². The SMILES string of the molecule is COC(=O)[C@@H](NCC(=O)NC1CCCC1)c1cc(F)ccc1F. The van der Waals surface area contributed by atoms with Gasteiger partial charge >= 0.3 is 5.97 Å². The highest BCUT2D eigenvalue weighted by Crippen LogP contribution is 2.20. The molecule has 23 heavy (non-hydrogen) atoms. The van der Waals surface area contributed by atoms with Gasteiger partial charge in [0.15, 0.2) is 0 Å². The maximum Gasteiger partial charge on any atom is 0.327 e. The molecule has 1 fully saturated rings. The van der Waals surface area contributed by atoms with Gasteiger partial charge in [-0.1, -0.05) is 12.8 Å². The number of esters is 1. The van der Waals surface area contributed by atoms with Gasteiger partial charge in [0, 0.05) is 11.6 Å². The molecule has 0 unspecified atom stereocenters. The first-order valence-corrected chi connectivity index (χ1v) is 7.56. The van der Waals surface area contributed by atoms with E-state index in [9.17, 15) is 18.4 Å². The second-order valence-electron chi connectivity index (χ2n) is 5.55. The fourth-order valence-corrected chi connectivity index (χ4v) is 2.72. The Morgan fingerprint density at radius 2 is 2.00 bits per heavy atom. The minimum Gasteiger partial charge on any atom is -0.468 e. The topological polar surface area (TPSA) is 67.4 Å². The molecule has 0 spiro atoms. The van der Waals surface area contributed by atoms with Crippen molar-refractivity contribution in [3.05, 3.63) is 35.4 Å². The summed E-state index contributed by atoms with van der Waals surface area (Å²) < 4.78 is 31.8. The molecule has 1 atom stereocenters. The van der Waals surface area contributed by atoms with E-state index in [-0.39, 0.29) is 24.1 Å². The molecule has 2 rings (SSSR count). The lowest BCUT2D eigenvalue weighted by molar-refractivity contribution is -0.143. The number of ether oxygens (including phenoxy) is 1. The summed E-state index contributed by atoms with van der Waals surface area (Å²) >= 11 is 0. The van der Waals surface area contributed by atoms with Crippen molar-refractivity contribution < 1.29 is 23.1 Å². The molecule has 0 saturated heterocycles. The molecule has 1 aromatic carbocycles. The van der Waals surface area contributed by atoms with E-state index in [0.29, 0.717) is 0 Å². The number of rotatable bonds is 6. The second-order valence-corrected chi connectivity index (χ2v) is 5.55. The quantitative estimate of drug-likeness (QED) is 0.783. The van der Waals surface area contributed by atoms with Gasteiger partial charge in [-0.3, -0.25) is 10.1 Å². The van der Waals surface area contributed by atoms with Crippen LogP contribution in [-0.2, 0) is 14.3 Å². The highest BCUT2D eigenvalue weighted by Gasteiger charge is 2.26. The molecule has 7 heteroatoms. The van der Waals surface area contributed by atoms with E-state index in [0.717, 1.165) is 51.0 Å². The van der Waals surface area contributed by atoms with Gasteiger partial charge in [-0.05, 0) is 31.0 Å². The van der Waals surface area contributed by atoms with Crippen LogP contribution in [0.1, 0.15) is 37.3 Å². The monoisotopic (exact) mass is 326 g/mol. The van der Waals surface area contributed by atoms with Crippen LogP contribution in [0.15, 0.2) is 18.2 Å². The van der Waals surface area contributed by atoms with Crippen molar-refractivity contribution in [2.24, 2.45) is 0 Å². The standard InChI is InChI=1S/C16H20F2N2O3/c1-23-16(22)15(12-8-10(17)6-7-13(12)18)19-9-14(21)20-11-4-2-3-5-11/h6-8,11,15,19H,2-5,9H2,1H3,(H,20,21)/t15-/m0/s1. The summed E-state index contributed by atoms with van der Waals surface area (Å²) in [4.78, 5) is 23.7. The smallest absolute Gasteiger partial charge is 0.327 e. The number of amides is 1. The molecule has 126 valence electrons. The lowest BCUT2D eigenvalue weighted by atomic mass is 10.1. The Morgan fingerprint density at radius 3 is 2.65 bits per heavy atom. The molecular weight excluding hydrogens is 306 g/mol. The van der Waals surface area contributed by atoms with E-state index in [1.165, 1.54) is 0 Å². The molecular formula is C16H20F2N2O3. The van der Waals surface area contributed by atoms with Crippen LogP contribution in [0.3, 0.4) is 0 Å². The number of benzene rings is 1. The summed E-state index contributed by atoms with van der Waals surface area (Å²) in [5, 5.41) is 5.48. The molecule has 0 bridgehead atoms. The normalized spacial score (nSPS) is 16.1. The molecule has 0 radical (unpaired) electrons. The summed E-state index contributed by atoms with van der Waals surface area (Å²) in [5.74, 6) is -2.50. The minimum absolute atomic E-state index is 0.145. The lowest BCUT2D eigenvalue weighted by Gasteiger charge is -2.18. The number of carbonyl (C=O) groups is 2. The largest absolute Gasteiger partial charge is 0.468 e. The predicted molar refractivity (Wildman–Crippen MR) is 79.5 cm³/mol. The van der Waals surface area contributed by atoms with Crippen LogP contribution in [-0.4, -0.2) is 31.6 Å². The molecule has 1 aliphatic carbocycles. The number of carbonyl (C=O) groups excluding carboxylic acids is 2. The number of methoxy groups -OCH3 is 1. The predicted octanol–water partition coefficient (Wildman–Crippen LogP) is 1.83. The van der Waals surface area contributed by atoms with Gasteiger partial charge in [-0.2, -0.15) is 0 Å². The molecule has 0 heterocycles. The number of hydrogen-bond acceptors (Lipinski definition) is 4. The van der Waals surface area contributed by atoms with E-state index in [2.05, 4.69) is 15.4 Å². The molecule has 1 aliphatic rings. The fourth-order valence-electron chi connectivity index (χ4n) is 2.72. The Bertz CT molecular complexity index is 574. The van der Waals surface area contributed by atoms with Gasteiger partial charge < -0.3 is 10.1 Å². The third-order valence-electron chi connectivity index (χ3n) is 3.89. The Balaban J connectivity index is 2.02. The fraction of sp³-hybridized carbons (Fsp3) is 0.500. The Labute approximate surface area is 133 Å². The Hall–Kier alpha value is -2.02. The van der Waals surface area contributed by atoms with Crippen molar-refractivity contribution in [1.82, 2.24) is 10.6 Å². The Kier molecular flexibility index (Phi) is 6.04. The molecule has 0 aromatic heterocycles. The summed E-state index contributed by atoms with van der Waals surface area (Å²) in [6, 6.07) is 1.71. The highest BCUT2D eigenvalue weighted by molar-refractivity contribution is 5.81. The Morgan fingerprint density at radius 1 is 1.30 bits per heavy atom. The van der Waals surface area contributed by atoms with Gasteiger partial charge in [0.05, 0.1) is 13.7 Å². The van der Waals surface area contributed by atoms with Crippen molar-refractivity contribution in [1.29, 1.82) is 0 Å². The molecule has 1 saturated carbocycles. The zero-order valence-corrected chi connectivity index (χ0v) is 12.9. The first-order valence-electron chi connectivity index (χ1n) is 7.56. The molecule has 5 nitrogen and oxygen atoms in total. The van der Waals surface area contributed by atoms with Gasteiger partial charge in [-0.25, -0.2) is 13.6 Å². The average Bonchev–Trinajstić information content (AvgIpc) is 3.03. The van der Waals surface area contributed by atoms with E-state index in [1.807, 2.05) is 0 Å². The number of hydrogen-bond donors (Lipinski definition) is 2. The minimum atomic E-state index is -1.25. The first kappa shape index (κ1) is 17.3. The van der Waals surface area contributed by atoms with Crippen molar-refractivity contribution in [2.45, 2.75) is 37.8 Å².